The molecule has 0 unspecified atom stereocenters. The number of ether oxygens (including phenoxy) is 3. The molecule has 2 heterocycles. The van der Waals surface area contributed by atoms with E-state index in [1.54, 1.807) is 12.1 Å². The van der Waals surface area contributed by atoms with Crippen LogP contribution in [-0.4, -0.2) is 12.3 Å². The average molecular weight is 332 g/mol. The van der Waals surface area contributed by atoms with Crippen molar-refractivity contribution in [2.24, 2.45) is 0 Å². The molecule has 3 aromatic rings. The summed E-state index contributed by atoms with van der Waals surface area (Å²) in [6, 6.07) is 6.19. The van der Waals surface area contributed by atoms with Crippen molar-refractivity contribution in [3.05, 3.63) is 45.5 Å². The van der Waals surface area contributed by atoms with Gasteiger partial charge in [-0.1, -0.05) is 24.3 Å². The molecule has 10 nitrogen and oxygen atoms in total. The fourth-order valence-corrected chi connectivity index (χ4v) is 2.27. The van der Waals surface area contributed by atoms with E-state index in [0.29, 0.717) is 0 Å². The number of cyclic esters (lactones) is 2. The Hall–Kier alpha value is -3.82. The predicted octanol–water partition coefficient (Wildman–Crippen LogP) is 2.08. The van der Waals surface area contributed by atoms with Crippen LogP contribution >= 0.6 is 0 Å². The highest BCUT2D eigenvalue weighted by Gasteiger charge is 2.31. The lowest BCUT2D eigenvalue weighted by Gasteiger charge is -2.07. The van der Waals surface area contributed by atoms with E-state index in [0.717, 1.165) is 0 Å². The van der Waals surface area contributed by atoms with Gasteiger partial charge in [0, 0.05) is 10.8 Å². The predicted molar refractivity (Wildman–Crippen MR) is 72.7 cm³/mol. The van der Waals surface area contributed by atoms with E-state index in [9.17, 15) is 19.2 Å². The van der Waals surface area contributed by atoms with E-state index in [1.807, 2.05) is 0 Å². The molecule has 120 valence electrons. The van der Waals surface area contributed by atoms with Gasteiger partial charge in [0.05, 0.1) is 0 Å². The van der Waals surface area contributed by atoms with Gasteiger partial charge >= 0.3 is 24.0 Å². The highest BCUT2D eigenvalue weighted by molar-refractivity contribution is 6.11. The second-order valence-electron chi connectivity index (χ2n) is 4.47. The van der Waals surface area contributed by atoms with Crippen LogP contribution in [-0.2, 0) is 4.74 Å². The van der Waals surface area contributed by atoms with Crippen molar-refractivity contribution in [3.63, 3.8) is 0 Å². The quantitative estimate of drug-likeness (QED) is 0.342. The average Bonchev–Trinajstić information content (AvgIpc) is 2.61. The smallest absolute Gasteiger partial charge is 0.390 e. The zero-order valence-corrected chi connectivity index (χ0v) is 11.4. The largest absolute Gasteiger partial charge is 0.524 e. The number of rotatable bonds is 0. The first kappa shape index (κ1) is 13.8. The Balaban J connectivity index is 2.37. The Kier molecular flexibility index (Phi) is 2.79. The van der Waals surface area contributed by atoms with Gasteiger partial charge in [-0.05, 0) is 0 Å². The molecule has 0 amide bonds. The molecular weight excluding hydrogens is 328 g/mol. The number of fused-ring (bicyclic) bond motifs is 3. The van der Waals surface area contributed by atoms with Crippen molar-refractivity contribution in [1.82, 2.24) is 0 Å². The van der Waals surface area contributed by atoms with E-state index in [4.69, 9.17) is 18.3 Å². The van der Waals surface area contributed by atoms with Crippen LogP contribution in [0, 0.1) is 0 Å². The first-order valence-corrected chi connectivity index (χ1v) is 6.34. The second kappa shape index (κ2) is 4.84. The second-order valence-corrected chi connectivity index (χ2v) is 4.47. The molecule has 2 aromatic carbocycles. The summed E-state index contributed by atoms with van der Waals surface area (Å²) in [6.45, 7) is 0. The van der Waals surface area contributed by atoms with E-state index in [-0.39, 0.29) is 21.9 Å². The molecule has 0 saturated carbocycles. The van der Waals surface area contributed by atoms with Gasteiger partial charge in [0.1, 0.15) is 0 Å². The van der Waals surface area contributed by atoms with Gasteiger partial charge in [-0.3, -0.25) is 0 Å². The lowest BCUT2D eigenvalue weighted by Crippen LogP contribution is -2.14. The van der Waals surface area contributed by atoms with Gasteiger partial charge in [-0.15, -0.1) is 0 Å². The van der Waals surface area contributed by atoms with Gasteiger partial charge < -0.3 is 27.5 Å². The molecule has 0 aliphatic carbocycles. The molecule has 0 spiro atoms. The first-order valence-electron chi connectivity index (χ1n) is 6.34. The maximum atomic E-state index is 11.6. The van der Waals surface area contributed by atoms with Crippen LogP contribution in [0.15, 0.2) is 47.1 Å². The molecule has 0 fully saturated rings. The number of carbonyl (C=O) groups excluding carboxylic acids is 2. The fourth-order valence-electron chi connectivity index (χ4n) is 2.27. The maximum absolute atomic E-state index is 11.6. The first-order chi connectivity index (χ1) is 11.5. The maximum Gasteiger partial charge on any atom is 0.524 e. The van der Waals surface area contributed by atoms with E-state index >= 15 is 0 Å². The molecule has 1 aromatic heterocycles. The van der Waals surface area contributed by atoms with Gasteiger partial charge in [0.2, 0.25) is 11.5 Å². The van der Waals surface area contributed by atoms with Gasteiger partial charge in [0.25, 0.3) is 0 Å². The Morgan fingerprint density at radius 3 is 1.50 bits per heavy atom. The molecule has 4 rings (SSSR count). The zero-order chi connectivity index (χ0) is 16.8. The molecule has 24 heavy (non-hydrogen) atoms. The molecule has 2 bridgehead atoms. The fraction of sp³-hybridized carbons (Fsp3) is 0. The molecule has 0 N–H and O–H groups in total. The number of hydrogen-bond acceptors (Lipinski definition) is 10. The van der Waals surface area contributed by atoms with Gasteiger partial charge in [0.15, 0.2) is 11.2 Å². The van der Waals surface area contributed by atoms with E-state index in [2.05, 4.69) is 9.15 Å². The van der Waals surface area contributed by atoms with Crippen molar-refractivity contribution in [2.45, 2.75) is 0 Å². The molecule has 0 saturated heterocycles. The molecule has 1 aliphatic rings. The highest BCUT2D eigenvalue weighted by Crippen LogP contribution is 2.43. The molecule has 1 aliphatic heterocycles. The van der Waals surface area contributed by atoms with Crippen LogP contribution in [0.2, 0.25) is 0 Å². The monoisotopic (exact) mass is 332 g/mol. The van der Waals surface area contributed by atoms with Crippen molar-refractivity contribution in [3.8, 4) is 11.5 Å². The zero-order valence-electron chi connectivity index (χ0n) is 11.4. The summed E-state index contributed by atoms with van der Waals surface area (Å²) in [5.41, 5.74) is -0.612. The Bertz CT molecular complexity index is 1070. The topological polar surface area (TPSA) is 135 Å². The van der Waals surface area contributed by atoms with Gasteiger partial charge in [-0.2, -0.15) is 0 Å². The van der Waals surface area contributed by atoms with Crippen LogP contribution in [0.5, 0.6) is 11.5 Å². The summed E-state index contributed by atoms with van der Waals surface area (Å²) in [7, 11) is 0. The summed E-state index contributed by atoms with van der Waals surface area (Å²) in [5, 5.41) is 0.479. The van der Waals surface area contributed by atoms with Crippen molar-refractivity contribution < 1.29 is 37.1 Å². The van der Waals surface area contributed by atoms with Crippen LogP contribution in [0.4, 0.5) is 9.59 Å². The number of hydrogen-bond donors (Lipinski definition) is 0. The van der Waals surface area contributed by atoms with Crippen molar-refractivity contribution >= 4 is 34.2 Å². The standard InChI is InChI=1S/C14H4O10/c15-11-19-7-5-3-1-2-4-6(5)8(20-12(16)23-11)10-9(7)21-13(17)24-14(18)22-10/h1-4H. The molecule has 0 atom stereocenters. The summed E-state index contributed by atoms with van der Waals surface area (Å²) < 4.78 is 28.0. The molecule has 10 heteroatoms. The van der Waals surface area contributed by atoms with Crippen molar-refractivity contribution in [2.75, 3.05) is 0 Å². The van der Waals surface area contributed by atoms with E-state index in [1.165, 1.54) is 12.1 Å². The highest BCUT2D eigenvalue weighted by atomic mass is 16.8. The minimum absolute atomic E-state index is 0.239. The number of benzene rings is 2. The number of carbonyl (C=O) groups is 2. The Labute approximate surface area is 129 Å². The lowest BCUT2D eigenvalue weighted by molar-refractivity contribution is 0.0995. The van der Waals surface area contributed by atoms with E-state index < -0.39 is 35.5 Å². The summed E-state index contributed by atoms with van der Waals surface area (Å²) in [6.07, 6.45) is -2.83. The normalized spacial score (nSPS) is 13.7. The third-order valence-electron chi connectivity index (χ3n) is 3.11. The Morgan fingerprint density at radius 1 is 0.583 bits per heavy atom. The summed E-state index contributed by atoms with van der Waals surface area (Å²) in [5.74, 6) is -3.78. The third kappa shape index (κ3) is 2.05. The van der Waals surface area contributed by atoms with Crippen LogP contribution in [0.1, 0.15) is 0 Å². The molecule has 0 radical (unpaired) electrons. The summed E-state index contributed by atoms with van der Waals surface area (Å²) >= 11 is 0. The lowest BCUT2D eigenvalue weighted by atomic mass is 10.1. The van der Waals surface area contributed by atoms with Gasteiger partial charge in [-0.25, -0.2) is 19.2 Å². The van der Waals surface area contributed by atoms with Crippen LogP contribution in [0.25, 0.3) is 21.9 Å². The van der Waals surface area contributed by atoms with Crippen LogP contribution < -0.4 is 21.1 Å². The Morgan fingerprint density at radius 2 is 1.04 bits per heavy atom. The SMILES string of the molecule is O=C1OC(=O)Oc2c(c3oc(=O)oc(=O)oc2c2ccccc32)O1. The minimum atomic E-state index is -1.42. The minimum Gasteiger partial charge on any atom is -0.390 e. The van der Waals surface area contributed by atoms with Crippen LogP contribution in [0.3, 0.4) is 0 Å². The molecular formula is C14H4O10. The van der Waals surface area contributed by atoms with Crippen molar-refractivity contribution in [1.29, 1.82) is 0 Å². The third-order valence-corrected chi connectivity index (χ3v) is 3.11. The summed E-state index contributed by atoms with van der Waals surface area (Å²) in [4.78, 5) is 46.2.